The minimum absolute atomic E-state index is 0.0313. The van der Waals surface area contributed by atoms with Crippen molar-refractivity contribution in [3.05, 3.63) is 64.3 Å². The number of carbonyl (C=O) groups is 3. The zero-order valence-corrected chi connectivity index (χ0v) is 26.5. The van der Waals surface area contributed by atoms with Gasteiger partial charge in [-0.2, -0.15) is 0 Å². The van der Waals surface area contributed by atoms with Crippen molar-refractivity contribution in [2.24, 2.45) is 5.41 Å². The summed E-state index contributed by atoms with van der Waals surface area (Å²) in [5, 5.41) is 3.92. The van der Waals surface area contributed by atoms with Gasteiger partial charge in [0, 0.05) is 29.0 Å². The molecule has 0 bridgehead atoms. The van der Waals surface area contributed by atoms with Gasteiger partial charge in [-0.3, -0.25) is 14.4 Å². The molecule has 0 radical (unpaired) electrons. The van der Waals surface area contributed by atoms with Gasteiger partial charge in [-0.1, -0.05) is 68.1 Å². The van der Waals surface area contributed by atoms with Gasteiger partial charge in [-0.15, -0.1) is 5.92 Å². The van der Waals surface area contributed by atoms with Crippen LogP contribution in [0.2, 0.25) is 10.0 Å². The summed E-state index contributed by atoms with van der Waals surface area (Å²) in [6, 6.07) is 12.0. The average Bonchev–Trinajstić information content (AvgIpc) is 3.36. The Morgan fingerprint density at radius 1 is 1.12 bits per heavy atom. The molecule has 0 spiro atoms. The summed E-state index contributed by atoms with van der Waals surface area (Å²) in [6.45, 7) is 7.16. The molecule has 0 saturated carbocycles. The lowest BCUT2D eigenvalue weighted by atomic mass is 9.84. The first-order valence-electron chi connectivity index (χ1n) is 13.5. The van der Waals surface area contributed by atoms with Crippen LogP contribution >= 0.6 is 23.2 Å². The number of hydrogen-bond acceptors (Lipinski definition) is 5. The van der Waals surface area contributed by atoms with Gasteiger partial charge in [-0.05, 0) is 42.7 Å². The molecule has 13 heteroatoms. The van der Waals surface area contributed by atoms with Gasteiger partial charge in [0.25, 0.3) is 5.91 Å². The van der Waals surface area contributed by atoms with Crippen molar-refractivity contribution in [2.45, 2.75) is 44.7 Å². The van der Waals surface area contributed by atoms with Gasteiger partial charge in [-0.25, -0.2) is 13.1 Å². The molecule has 0 aliphatic carbocycles. The molecule has 1 aromatic heterocycles. The number of hydrogen-bond donors (Lipinski definition) is 3. The van der Waals surface area contributed by atoms with Crippen LogP contribution in [-0.4, -0.2) is 79.2 Å². The van der Waals surface area contributed by atoms with Crippen LogP contribution in [0.15, 0.2) is 53.4 Å². The van der Waals surface area contributed by atoms with Gasteiger partial charge < -0.3 is 20.1 Å². The van der Waals surface area contributed by atoms with Crippen molar-refractivity contribution in [2.75, 3.05) is 26.2 Å². The zero-order chi connectivity index (χ0) is 31.5. The zero-order valence-electron chi connectivity index (χ0n) is 24.2. The molecule has 4 rings (SSSR count). The maximum atomic E-state index is 13.6. The predicted octanol–water partition coefficient (Wildman–Crippen LogP) is 3.66. The number of para-hydroxylation sites is 1. The molecule has 10 nitrogen and oxygen atoms in total. The van der Waals surface area contributed by atoms with Crippen molar-refractivity contribution in [3.63, 3.8) is 0 Å². The summed E-state index contributed by atoms with van der Waals surface area (Å²) in [7, 11) is -4.13. The fourth-order valence-corrected chi connectivity index (χ4v) is 6.41. The van der Waals surface area contributed by atoms with Crippen molar-refractivity contribution >= 4 is 61.8 Å². The molecule has 43 heavy (non-hydrogen) atoms. The summed E-state index contributed by atoms with van der Waals surface area (Å²) < 4.78 is 27.9. The van der Waals surface area contributed by atoms with E-state index in [2.05, 4.69) is 26.9 Å². The molecule has 3 N–H and O–H groups in total. The van der Waals surface area contributed by atoms with Crippen molar-refractivity contribution in [1.82, 2.24) is 24.8 Å². The number of fused-ring (bicyclic) bond motifs is 1. The quantitative estimate of drug-likeness (QED) is 0.306. The number of benzene rings is 2. The molecule has 228 valence electrons. The summed E-state index contributed by atoms with van der Waals surface area (Å²) in [5.74, 6) is 4.40. The smallest absolute Gasteiger partial charge is 0.268 e. The standard InChI is InChI=1S/C30H33Cl2N5O5S/c1-5-6-13-37(26(38)16-33-43(41,42)25-15-20(31)11-12-22(25)32)21-17-36(18-21)29(40)27(30(2,3)4)35-28(39)24-14-19-9-7-8-10-23(19)34-24/h7-12,14-15,21,27,33-34H,13,16-18H2,1-4H3,(H,35,39)/t27-/m1/s1. The van der Waals surface area contributed by atoms with E-state index in [9.17, 15) is 22.8 Å². The van der Waals surface area contributed by atoms with Crippen LogP contribution in [0.4, 0.5) is 0 Å². The van der Waals surface area contributed by atoms with Crippen LogP contribution in [0, 0.1) is 17.3 Å². The number of nitrogens with one attached hydrogen (secondary N) is 3. The lowest BCUT2D eigenvalue weighted by Gasteiger charge is -2.47. The van der Waals surface area contributed by atoms with E-state index in [0.29, 0.717) is 5.69 Å². The molecule has 1 atom stereocenters. The lowest BCUT2D eigenvalue weighted by Crippen LogP contribution is -2.67. The van der Waals surface area contributed by atoms with E-state index in [1.807, 2.05) is 45.0 Å². The molecular formula is C30H33Cl2N5O5S. The third-order valence-corrected chi connectivity index (χ3v) is 9.24. The highest BCUT2D eigenvalue weighted by atomic mass is 35.5. The highest BCUT2D eigenvalue weighted by Gasteiger charge is 2.43. The van der Waals surface area contributed by atoms with Crippen molar-refractivity contribution < 1.29 is 22.8 Å². The second-order valence-corrected chi connectivity index (χ2v) is 13.9. The number of halogens is 2. The Bertz CT molecular complexity index is 1680. The number of aromatic nitrogens is 1. The van der Waals surface area contributed by atoms with Gasteiger partial charge in [0.05, 0.1) is 24.2 Å². The first kappa shape index (κ1) is 32.4. The molecule has 2 aromatic carbocycles. The maximum Gasteiger partial charge on any atom is 0.268 e. The van der Waals surface area contributed by atoms with Crippen LogP contribution in [0.1, 0.15) is 38.2 Å². The summed E-state index contributed by atoms with van der Waals surface area (Å²) in [5.41, 5.74) is 0.559. The Balaban J connectivity index is 1.42. The predicted molar refractivity (Wildman–Crippen MR) is 166 cm³/mol. The number of aromatic amines is 1. The number of amides is 3. The maximum absolute atomic E-state index is 13.6. The van der Waals surface area contributed by atoms with Crippen LogP contribution in [0.5, 0.6) is 0 Å². The number of nitrogens with zero attached hydrogens (tertiary/aromatic N) is 2. The van der Waals surface area contributed by atoms with Gasteiger partial charge >= 0.3 is 0 Å². The van der Waals surface area contributed by atoms with Gasteiger partial charge in [0.15, 0.2) is 0 Å². The van der Waals surface area contributed by atoms with E-state index in [4.69, 9.17) is 23.2 Å². The van der Waals surface area contributed by atoms with Crippen LogP contribution in [0.3, 0.4) is 0 Å². The SMILES string of the molecule is CC#CCN(C(=O)CNS(=O)(=O)c1cc(Cl)ccc1Cl)C1CN(C(=O)[C@@H](NC(=O)c2cc3ccccc3[nH]2)C(C)(C)C)C1. The first-order chi connectivity index (χ1) is 20.2. The number of H-pyrrole nitrogens is 1. The first-order valence-corrected chi connectivity index (χ1v) is 15.8. The minimum Gasteiger partial charge on any atom is -0.351 e. The number of sulfonamides is 1. The van der Waals surface area contributed by atoms with Gasteiger partial charge in [0.2, 0.25) is 21.8 Å². The summed E-state index contributed by atoms with van der Waals surface area (Å²) in [6.07, 6.45) is 0. The molecule has 0 unspecified atom stereocenters. The molecule has 2 heterocycles. The highest BCUT2D eigenvalue weighted by Crippen LogP contribution is 2.27. The van der Waals surface area contributed by atoms with E-state index in [0.717, 1.165) is 10.9 Å². The van der Waals surface area contributed by atoms with E-state index in [-0.39, 0.29) is 46.5 Å². The minimum atomic E-state index is -4.13. The number of likely N-dealkylation sites (tertiary alicyclic amines) is 1. The lowest BCUT2D eigenvalue weighted by molar-refractivity contribution is -0.148. The monoisotopic (exact) mass is 645 g/mol. The Hall–Kier alpha value is -3.56. The topological polar surface area (TPSA) is 132 Å². The second-order valence-electron chi connectivity index (χ2n) is 11.3. The molecule has 1 saturated heterocycles. The molecule has 3 amide bonds. The van der Waals surface area contributed by atoms with Crippen LogP contribution < -0.4 is 10.0 Å². The Morgan fingerprint density at radius 3 is 2.47 bits per heavy atom. The van der Waals surface area contributed by atoms with Crippen LogP contribution in [0.25, 0.3) is 10.9 Å². The van der Waals surface area contributed by atoms with E-state index in [1.165, 1.54) is 23.1 Å². The largest absolute Gasteiger partial charge is 0.351 e. The molecular weight excluding hydrogens is 613 g/mol. The second kappa shape index (κ2) is 13.0. The molecule has 1 aliphatic rings. The Kier molecular flexibility index (Phi) is 9.76. The fourth-order valence-electron chi connectivity index (χ4n) is 4.67. The Labute approximate surface area is 261 Å². The van der Waals surface area contributed by atoms with E-state index >= 15 is 0 Å². The average molecular weight is 647 g/mol. The molecule has 3 aromatic rings. The summed E-state index contributed by atoms with van der Waals surface area (Å²) >= 11 is 12.0. The summed E-state index contributed by atoms with van der Waals surface area (Å²) in [4.78, 5) is 45.7. The molecule has 1 aliphatic heterocycles. The molecule has 1 fully saturated rings. The van der Waals surface area contributed by atoms with Crippen LogP contribution in [-0.2, 0) is 19.6 Å². The third kappa shape index (κ3) is 7.51. The van der Waals surface area contributed by atoms with Crippen molar-refractivity contribution in [1.29, 1.82) is 0 Å². The van der Waals surface area contributed by atoms with Gasteiger partial charge in [0.1, 0.15) is 16.6 Å². The highest BCUT2D eigenvalue weighted by molar-refractivity contribution is 7.89. The van der Waals surface area contributed by atoms with E-state index in [1.54, 1.807) is 17.9 Å². The number of carbonyl (C=O) groups excluding carboxylic acids is 3. The number of rotatable bonds is 9. The Morgan fingerprint density at radius 2 is 1.81 bits per heavy atom. The van der Waals surface area contributed by atoms with Crippen molar-refractivity contribution in [3.8, 4) is 11.8 Å². The fraction of sp³-hybridized carbons (Fsp3) is 0.367. The normalized spacial score (nSPS) is 14.4. The van der Waals surface area contributed by atoms with E-state index < -0.39 is 39.8 Å². The third-order valence-electron chi connectivity index (χ3n) is 7.12.